The minimum Gasteiger partial charge on any atom is -0.497 e. The average Bonchev–Trinajstić information content (AvgIpc) is 3.52. The summed E-state index contributed by atoms with van der Waals surface area (Å²) < 4.78 is 7.40. The molecule has 2 aliphatic heterocycles. The zero-order valence-electron chi connectivity index (χ0n) is 17.4. The Morgan fingerprint density at radius 1 is 1.20 bits per heavy atom. The van der Waals surface area contributed by atoms with Gasteiger partial charge in [0.05, 0.1) is 25.0 Å². The van der Waals surface area contributed by atoms with Gasteiger partial charge in [-0.2, -0.15) is 0 Å². The monoisotopic (exact) mass is 408 g/mol. The lowest BCUT2D eigenvalue weighted by Gasteiger charge is -2.27. The summed E-state index contributed by atoms with van der Waals surface area (Å²) in [6.07, 6.45) is 5.53. The molecule has 8 nitrogen and oxygen atoms in total. The van der Waals surface area contributed by atoms with Gasteiger partial charge in [0.2, 0.25) is 5.91 Å². The number of methoxy groups -OCH3 is 1. The van der Waals surface area contributed by atoms with Crippen LogP contribution in [-0.4, -0.2) is 62.4 Å². The Hall–Kier alpha value is -2.87. The molecule has 1 fully saturated rings. The molecule has 8 heteroatoms. The molecule has 0 atom stereocenters. The van der Waals surface area contributed by atoms with Crippen LogP contribution in [0, 0.1) is 0 Å². The number of rotatable bonds is 6. The maximum Gasteiger partial charge on any atom is 0.222 e. The molecule has 158 valence electrons. The summed E-state index contributed by atoms with van der Waals surface area (Å²) in [7, 11) is 1.70. The summed E-state index contributed by atoms with van der Waals surface area (Å²) >= 11 is 0. The number of nitrogens with one attached hydrogen (secondary N) is 1. The fourth-order valence-electron chi connectivity index (χ4n) is 4.58. The summed E-state index contributed by atoms with van der Waals surface area (Å²) in [4.78, 5) is 20.2. The van der Waals surface area contributed by atoms with Gasteiger partial charge < -0.3 is 14.6 Å². The highest BCUT2D eigenvalue weighted by Gasteiger charge is 2.24. The number of H-pyrrole nitrogens is 1. The van der Waals surface area contributed by atoms with Gasteiger partial charge >= 0.3 is 0 Å². The molecule has 1 aromatic carbocycles. The first kappa shape index (κ1) is 19.1. The van der Waals surface area contributed by atoms with Crippen LogP contribution < -0.4 is 4.74 Å². The number of hydrogen-bond donors (Lipinski definition) is 1. The van der Waals surface area contributed by atoms with E-state index < -0.39 is 0 Å². The van der Waals surface area contributed by atoms with Gasteiger partial charge in [0, 0.05) is 62.7 Å². The van der Waals surface area contributed by atoms with Crippen molar-refractivity contribution in [1.82, 2.24) is 29.8 Å². The summed E-state index contributed by atoms with van der Waals surface area (Å²) in [6.45, 7) is 5.22. The minimum atomic E-state index is 0.245. The van der Waals surface area contributed by atoms with E-state index in [-0.39, 0.29) is 5.91 Å². The van der Waals surface area contributed by atoms with Crippen molar-refractivity contribution in [3.05, 3.63) is 41.3 Å². The molecule has 0 unspecified atom stereocenters. The van der Waals surface area contributed by atoms with Gasteiger partial charge in [-0.3, -0.25) is 9.69 Å². The van der Waals surface area contributed by atoms with E-state index in [1.165, 1.54) is 10.9 Å². The number of benzene rings is 1. The van der Waals surface area contributed by atoms with Crippen molar-refractivity contribution in [3.63, 3.8) is 0 Å². The van der Waals surface area contributed by atoms with Gasteiger partial charge in [0.25, 0.3) is 0 Å². The largest absolute Gasteiger partial charge is 0.497 e. The molecular weight excluding hydrogens is 380 g/mol. The van der Waals surface area contributed by atoms with Crippen LogP contribution in [0.5, 0.6) is 5.75 Å². The zero-order valence-corrected chi connectivity index (χ0v) is 17.4. The summed E-state index contributed by atoms with van der Waals surface area (Å²) in [5.74, 6) is 1.11. The van der Waals surface area contributed by atoms with E-state index in [9.17, 15) is 4.79 Å². The van der Waals surface area contributed by atoms with Crippen LogP contribution in [0.4, 0.5) is 0 Å². The summed E-state index contributed by atoms with van der Waals surface area (Å²) in [6, 6.07) is 6.12. The summed E-state index contributed by atoms with van der Waals surface area (Å²) in [5, 5.41) is 9.92. The molecule has 0 bridgehead atoms. The van der Waals surface area contributed by atoms with Gasteiger partial charge in [0.15, 0.2) is 0 Å². The molecule has 4 heterocycles. The first-order valence-corrected chi connectivity index (χ1v) is 10.8. The predicted octanol–water partition coefficient (Wildman–Crippen LogP) is 2.34. The van der Waals surface area contributed by atoms with E-state index in [0.29, 0.717) is 12.8 Å². The van der Waals surface area contributed by atoms with E-state index >= 15 is 0 Å². The minimum absolute atomic E-state index is 0.245. The van der Waals surface area contributed by atoms with Crippen molar-refractivity contribution in [2.75, 3.05) is 26.7 Å². The number of nitrogens with zero attached hydrogens (tertiary/aromatic N) is 5. The maximum atomic E-state index is 12.4. The van der Waals surface area contributed by atoms with Crippen LogP contribution in [0.1, 0.15) is 36.2 Å². The molecule has 30 heavy (non-hydrogen) atoms. The fourth-order valence-corrected chi connectivity index (χ4v) is 4.58. The lowest BCUT2D eigenvalue weighted by Crippen LogP contribution is -2.34. The number of amides is 1. The number of aromatic amines is 1. The molecular formula is C22H28N6O2. The van der Waals surface area contributed by atoms with Crippen molar-refractivity contribution in [1.29, 1.82) is 0 Å². The second-order valence-electron chi connectivity index (χ2n) is 8.23. The smallest absolute Gasteiger partial charge is 0.222 e. The topological polar surface area (TPSA) is 79.3 Å². The number of ether oxygens (including phenoxy) is 1. The Kier molecular flexibility index (Phi) is 5.16. The van der Waals surface area contributed by atoms with Gasteiger partial charge in [-0.05, 0) is 36.6 Å². The van der Waals surface area contributed by atoms with E-state index in [1.54, 1.807) is 7.11 Å². The molecule has 2 aromatic heterocycles. The fraction of sp³-hybridized carbons (Fsp3) is 0.500. The molecule has 1 saturated heterocycles. The Bertz CT molecular complexity index is 1050. The third kappa shape index (κ3) is 3.67. The lowest BCUT2D eigenvalue weighted by molar-refractivity contribution is -0.130. The second-order valence-corrected chi connectivity index (χ2v) is 8.23. The molecule has 2 aliphatic rings. The molecule has 0 radical (unpaired) electrons. The SMILES string of the molecule is COc1ccc2[nH]cc(CN3CCn4nnc(CCC(=O)N5CCCC5)c4C3)c2c1. The van der Waals surface area contributed by atoms with Crippen LogP contribution in [0.25, 0.3) is 10.9 Å². The summed E-state index contributed by atoms with van der Waals surface area (Å²) in [5.41, 5.74) is 4.49. The van der Waals surface area contributed by atoms with Gasteiger partial charge in [-0.1, -0.05) is 5.21 Å². The average molecular weight is 409 g/mol. The highest BCUT2D eigenvalue weighted by atomic mass is 16.5. The van der Waals surface area contributed by atoms with Crippen LogP contribution in [0.15, 0.2) is 24.4 Å². The number of likely N-dealkylation sites (tertiary alicyclic amines) is 1. The maximum absolute atomic E-state index is 12.4. The van der Waals surface area contributed by atoms with E-state index in [4.69, 9.17) is 4.74 Å². The second kappa shape index (κ2) is 8.10. The molecule has 5 rings (SSSR count). The highest BCUT2D eigenvalue weighted by Crippen LogP contribution is 2.26. The van der Waals surface area contributed by atoms with Gasteiger partial charge in [-0.15, -0.1) is 5.10 Å². The lowest BCUT2D eigenvalue weighted by atomic mass is 10.1. The van der Waals surface area contributed by atoms with Crippen molar-refractivity contribution < 1.29 is 9.53 Å². The first-order valence-electron chi connectivity index (χ1n) is 10.8. The van der Waals surface area contributed by atoms with Gasteiger partial charge in [0.1, 0.15) is 5.75 Å². The highest BCUT2D eigenvalue weighted by molar-refractivity contribution is 5.84. The van der Waals surface area contributed by atoms with Crippen LogP contribution >= 0.6 is 0 Å². The number of aryl methyl sites for hydroxylation is 1. The molecule has 0 saturated carbocycles. The first-order chi connectivity index (χ1) is 14.7. The number of hydrogen-bond acceptors (Lipinski definition) is 5. The standard InChI is InChI=1S/C22H28N6O2/c1-30-17-4-5-19-18(12-17)16(13-23-19)14-26-10-11-28-21(15-26)20(24-25-28)6-7-22(29)27-8-2-3-9-27/h4-5,12-13,23H,2-3,6-11,14-15H2,1H3. The predicted molar refractivity (Wildman–Crippen MR) is 113 cm³/mol. The number of carbonyl (C=O) groups is 1. The van der Waals surface area contributed by atoms with Crippen molar-refractivity contribution >= 4 is 16.8 Å². The third-order valence-electron chi connectivity index (χ3n) is 6.32. The third-order valence-corrected chi connectivity index (χ3v) is 6.32. The number of fused-ring (bicyclic) bond motifs is 2. The van der Waals surface area contributed by atoms with Crippen LogP contribution in [-0.2, 0) is 30.8 Å². The Morgan fingerprint density at radius 2 is 2.07 bits per heavy atom. The van der Waals surface area contributed by atoms with Gasteiger partial charge in [-0.25, -0.2) is 4.68 Å². The Morgan fingerprint density at radius 3 is 2.90 bits per heavy atom. The molecule has 1 N–H and O–H groups in total. The molecule has 1 amide bonds. The normalized spacial score (nSPS) is 16.9. The van der Waals surface area contributed by atoms with Crippen molar-refractivity contribution in [3.8, 4) is 5.75 Å². The quantitative estimate of drug-likeness (QED) is 0.677. The molecule has 0 aliphatic carbocycles. The number of carbonyl (C=O) groups excluding carboxylic acids is 1. The Labute approximate surface area is 175 Å². The van der Waals surface area contributed by atoms with E-state index in [0.717, 1.165) is 74.8 Å². The number of aromatic nitrogens is 4. The molecule has 0 spiro atoms. The Balaban J connectivity index is 1.27. The van der Waals surface area contributed by atoms with Crippen LogP contribution in [0.2, 0.25) is 0 Å². The van der Waals surface area contributed by atoms with E-state index in [2.05, 4.69) is 38.5 Å². The van der Waals surface area contributed by atoms with E-state index in [1.807, 2.05) is 15.6 Å². The van der Waals surface area contributed by atoms with Crippen LogP contribution in [0.3, 0.4) is 0 Å². The molecule has 3 aromatic rings. The van der Waals surface area contributed by atoms with Crippen molar-refractivity contribution in [2.45, 2.75) is 45.3 Å². The zero-order chi connectivity index (χ0) is 20.5. The van der Waals surface area contributed by atoms with Crippen molar-refractivity contribution in [2.24, 2.45) is 0 Å².